The minimum Gasteiger partial charge on any atom is -0.632 e. The van der Waals surface area contributed by atoms with Crippen LogP contribution < -0.4 is 5.32 Å². The van der Waals surface area contributed by atoms with E-state index < -0.39 is 4.65 Å². The molecule has 2 heterocycles. The van der Waals surface area contributed by atoms with Crippen molar-refractivity contribution in [3.05, 3.63) is 107 Å². The molecule has 1 saturated heterocycles. The molecule has 0 radical (unpaired) electrons. The van der Waals surface area contributed by atoms with Crippen LogP contribution in [0.2, 0.25) is 0 Å². The van der Waals surface area contributed by atoms with Crippen molar-refractivity contribution < 1.29 is 13.8 Å². The Morgan fingerprint density at radius 2 is 1.76 bits per heavy atom. The van der Waals surface area contributed by atoms with Gasteiger partial charge in [0.1, 0.15) is 12.4 Å². The molecule has 1 unspecified atom stereocenters. The van der Waals surface area contributed by atoms with E-state index in [0.29, 0.717) is 65.9 Å². The standard InChI is InChI=1S/C31H33FN4O2/c1-3-27(23-12-9-13-24(32)20-23)34-31(37)29-25-14-7-8-15-28(25)33-30(22-10-5-4-6-11-22)26(29)21-36(38)18-16-35(2)17-19-36/h4-15,20,27H,3,16-19,21H2,1-2H3,(H,34,37). The second-order valence-corrected chi connectivity index (χ2v) is 10.2. The fourth-order valence-corrected chi connectivity index (χ4v) is 5.25. The predicted octanol–water partition coefficient (Wildman–Crippen LogP) is 5.68. The van der Waals surface area contributed by atoms with Crippen molar-refractivity contribution >= 4 is 16.8 Å². The molecule has 1 amide bonds. The lowest BCUT2D eigenvalue weighted by Crippen LogP contribution is -2.54. The van der Waals surface area contributed by atoms with Gasteiger partial charge in [0.2, 0.25) is 0 Å². The first-order valence-corrected chi connectivity index (χ1v) is 13.2. The van der Waals surface area contributed by atoms with E-state index in [1.165, 1.54) is 12.1 Å². The van der Waals surface area contributed by atoms with Gasteiger partial charge in [-0.1, -0.05) is 67.6 Å². The third-order valence-electron chi connectivity index (χ3n) is 7.46. The van der Waals surface area contributed by atoms with E-state index in [2.05, 4.69) is 10.2 Å². The van der Waals surface area contributed by atoms with Crippen LogP contribution in [0, 0.1) is 11.0 Å². The van der Waals surface area contributed by atoms with Gasteiger partial charge in [0, 0.05) is 29.6 Å². The lowest BCUT2D eigenvalue weighted by molar-refractivity contribution is -0.898. The number of benzene rings is 3. The maximum atomic E-state index is 14.1. The zero-order chi connectivity index (χ0) is 26.7. The summed E-state index contributed by atoms with van der Waals surface area (Å²) >= 11 is 0. The fourth-order valence-electron chi connectivity index (χ4n) is 5.25. The van der Waals surface area contributed by atoms with Gasteiger partial charge >= 0.3 is 0 Å². The zero-order valence-electron chi connectivity index (χ0n) is 21.9. The van der Waals surface area contributed by atoms with Crippen molar-refractivity contribution in [1.82, 2.24) is 15.2 Å². The number of carbonyl (C=O) groups is 1. The molecule has 5 rings (SSSR count). The predicted molar refractivity (Wildman–Crippen MR) is 149 cm³/mol. The van der Waals surface area contributed by atoms with Crippen LogP contribution in [-0.4, -0.2) is 53.7 Å². The molecule has 1 atom stereocenters. The minimum atomic E-state index is -0.411. The van der Waals surface area contributed by atoms with Gasteiger partial charge in [-0.2, -0.15) is 0 Å². The average Bonchev–Trinajstić information content (AvgIpc) is 2.93. The lowest BCUT2D eigenvalue weighted by Gasteiger charge is -2.48. The number of pyridine rings is 1. The Kier molecular flexibility index (Phi) is 7.51. The second kappa shape index (κ2) is 11.0. The summed E-state index contributed by atoms with van der Waals surface area (Å²) in [5.74, 6) is -0.628. The summed E-state index contributed by atoms with van der Waals surface area (Å²) in [5.41, 5.74) is 4.03. The number of piperazine rings is 1. The molecule has 0 aliphatic carbocycles. The Bertz CT molecular complexity index is 1430. The van der Waals surface area contributed by atoms with Crippen LogP contribution in [0.3, 0.4) is 0 Å². The summed E-state index contributed by atoms with van der Waals surface area (Å²) < 4.78 is 13.6. The molecule has 1 N–H and O–H groups in total. The maximum absolute atomic E-state index is 14.1. The number of aromatic nitrogens is 1. The summed E-state index contributed by atoms with van der Waals surface area (Å²) in [6.45, 7) is 4.39. The van der Waals surface area contributed by atoms with Crippen LogP contribution in [0.15, 0.2) is 78.9 Å². The molecule has 0 spiro atoms. The topological polar surface area (TPSA) is 68.3 Å². The Morgan fingerprint density at radius 1 is 1.05 bits per heavy atom. The van der Waals surface area contributed by atoms with Crippen LogP contribution in [0.1, 0.15) is 40.9 Å². The van der Waals surface area contributed by atoms with Gasteiger partial charge in [-0.3, -0.25) is 9.69 Å². The van der Waals surface area contributed by atoms with Gasteiger partial charge in [0.15, 0.2) is 0 Å². The van der Waals surface area contributed by atoms with E-state index in [9.17, 15) is 14.4 Å². The van der Waals surface area contributed by atoms with Gasteiger partial charge in [0.05, 0.1) is 35.9 Å². The number of rotatable bonds is 7. The lowest BCUT2D eigenvalue weighted by atomic mass is 9.94. The normalized spacial score (nSPS) is 16.3. The highest BCUT2D eigenvalue weighted by molar-refractivity contribution is 6.09. The zero-order valence-corrected chi connectivity index (χ0v) is 21.9. The molecule has 1 aliphatic heterocycles. The first-order chi connectivity index (χ1) is 18.4. The van der Waals surface area contributed by atoms with Crippen molar-refractivity contribution in [2.24, 2.45) is 0 Å². The molecular weight excluding hydrogens is 479 g/mol. The number of carbonyl (C=O) groups excluding carboxylic acids is 1. The maximum Gasteiger partial charge on any atom is 0.253 e. The minimum absolute atomic E-state index is 0.148. The third-order valence-corrected chi connectivity index (χ3v) is 7.46. The number of fused-ring (bicyclic) bond motifs is 1. The molecule has 38 heavy (non-hydrogen) atoms. The number of likely N-dealkylation sites (N-methyl/N-ethyl adjacent to an activating group) is 1. The van der Waals surface area contributed by atoms with Crippen molar-refractivity contribution in [1.29, 1.82) is 0 Å². The van der Waals surface area contributed by atoms with Crippen LogP contribution >= 0.6 is 0 Å². The largest absolute Gasteiger partial charge is 0.632 e. The highest BCUT2D eigenvalue weighted by Crippen LogP contribution is 2.34. The number of quaternary nitrogens is 1. The monoisotopic (exact) mass is 512 g/mol. The van der Waals surface area contributed by atoms with E-state index in [1.807, 2.05) is 74.6 Å². The molecule has 0 saturated carbocycles. The summed E-state index contributed by atoms with van der Waals surface area (Å²) in [7, 11) is 2.02. The van der Waals surface area contributed by atoms with Crippen LogP contribution in [0.4, 0.5) is 4.39 Å². The molecule has 7 heteroatoms. The second-order valence-electron chi connectivity index (χ2n) is 10.2. The van der Waals surface area contributed by atoms with Gasteiger partial charge in [-0.05, 0) is 37.2 Å². The number of hydroxylamine groups is 3. The molecule has 1 aliphatic rings. The number of hydrogen-bond donors (Lipinski definition) is 1. The van der Waals surface area contributed by atoms with Gasteiger partial charge in [0.25, 0.3) is 5.91 Å². The smallest absolute Gasteiger partial charge is 0.253 e. The molecular formula is C31H33FN4O2. The molecule has 4 aromatic rings. The first kappa shape index (κ1) is 26.0. The average molecular weight is 513 g/mol. The van der Waals surface area contributed by atoms with E-state index in [4.69, 9.17) is 4.98 Å². The highest BCUT2D eigenvalue weighted by Gasteiger charge is 2.30. The molecule has 1 fully saturated rings. The number of nitrogens with zero attached hydrogens (tertiary/aromatic N) is 3. The van der Waals surface area contributed by atoms with E-state index in [-0.39, 0.29) is 24.3 Å². The Labute approximate surface area is 222 Å². The summed E-state index contributed by atoms with van der Waals surface area (Å²) in [5, 5.41) is 17.8. The Hall–Kier alpha value is -3.65. The van der Waals surface area contributed by atoms with E-state index >= 15 is 0 Å². The number of hydrogen-bond acceptors (Lipinski definition) is 4. The Balaban J connectivity index is 1.66. The van der Waals surface area contributed by atoms with Crippen molar-refractivity contribution in [3.63, 3.8) is 0 Å². The number of para-hydroxylation sites is 1. The summed E-state index contributed by atoms with van der Waals surface area (Å²) in [4.78, 5) is 21.3. The SMILES string of the molecule is CCC(NC(=O)c1c(C[N+]2([O-])CCN(C)CC2)c(-c2ccccc2)nc2ccccc12)c1cccc(F)c1. The fraction of sp³-hybridized carbons (Fsp3) is 0.290. The quantitative estimate of drug-likeness (QED) is 0.255. The molecule has 0 bridgehead atoms. The summed E-state index contributed by atoms with van der Waals surface area (Å²) in [6, 6.07) is 23.2. The van der Waals surface area contributed by atoms with Gasteiger partial charge in [-0.15, -0.1) is 0 Å². The van der Waals surface area contributed by atoms with Crippen molar-refractivity contribution in [3.8, 4) is 11.3 Å². The molecule has 196 valence electrons. The number of nitrogens with one attached hydrogen (secondary N) is 1. The number of amides is 1. The van der Waals surface area contributed by atoms with Crippen LogP contribution in [0.5, 0.6) is 0 Å². The first-order valence-electron chi connectivity index (χ1n) is 13.2. The number of halogens is 1. The van der Waals surface area contributed by atoms with Gasteiger partial charge in [-0.25, -0.2) is 9.37 Å². The van der Waals surface area contributed by atoms with Crippen molar-refractivity contribution in [2.45, 2.75) is 25.9 Å². The third kappa shape index (κ3) is 5.45. The van der Waals surface area contributed by atoms with E-state index in [1.54, 1.807) is 6.07 Å². The van der Waals surface area contributed by atoms with Crippen LogP contribution in [-0.2, 0) is 6.54 Å². The summed E-state index contributed by atoms with van der Waals surface area (Å²) in [6.07, 6.45) is 0.590. The van der Waals surface area contributed by atoms with Gasteiger partial charge < -0.3 is 15.2 Å². The van der Waals surface area contributed by atoms with E-state index in [0.717, 1.165) is 5.56 Å². The van der Waals surface area contributed by atoms with Crippen molar-refractivity contribution in [2.75, 3.05) is 33.2 Å². The Morgan fingerprint density at radius 3 is 2.47 bits per heavy atom. The molecule has 1 aromatic heterocycles. The molecule has 3 aromatic carbocycles. The molecule has 6 nitrogen and oxygen atoms in total. The van der Waals surface area contributed by atoms with Crippen LogP contribution in [0.25, 0.3) is 22.2 Å². The highest BCUT2D eigenvalue weighted by atomic mass is 19.1.